The van der Waals surface area contributed by atoms with E-state index < -0.39 is 59.7 Å². The number of nitrogens with zero attached hydrogens (tertiary/aromatic N) is 4. The summed E-state index contributed by atoms with van der Waals surface area (Å²) in [6.07, 6.45) is -4.67. The Bertz CT molecular complexity index is 1160. The van der Waals surface area contributed by atoms with E-state index in [1.54, 1.807) is 0 Å². The molecule has 2 aromatic heterocycles. The van der Waals surface area contributed by atoms with E-state index in [-0.39, 0.29) is 22.3 Å². The van der Waals surface area contributed by atoms with Gasteiger partial charge in [0.05, 0.1) is 12.9 Å². The fourth-order valence-electron chi connectivity index (χ4n) is 2.83. The lowest BCUT2D eigenvalue weighted by molar-refractivity contribution is -0.0478. The number of aromatic nitrogens is 4. The molecule has 1 aliphatic heterocycles. The van der Waals surface area contributed by atoms with Gasteiger partial charge >= 0.3 is 15.2 Å². The molecule has 32 heavy (non-hydrogen) atoms. The molecule has 0 aliphatic carbocycles. The number of aliphatic hydroxyl groups is 2. The summed E-state index contributed by atoms with van der Waals surface area (Å²) in [6.45, 7) is -0.803. The molecule has 0 aromatic carbocycles. The van der Waals surface area contributed by atoms with Crippen LogP contribution in [0.25, 0.3) is 11.2 Å². The SMILES string of the molecule is [B]P(=O)(OC[C@H]1O[C@@H](n2cnc3c(N)nc(Cl)nc32)[C@H](O)[C@@H]1O)OP(=O)(O)CP(=O)(O)O. The number of hydrogen-bond donors (Lipinski definition) is 6. The summed E-state index contributed by atoms with van der Waals surface area (Å²) in [7, 11) is -9.74. The molecule has 0 spiro atoms. The molecule has 0 saturated carbocycles. The molecule has 1 aliphatic rings. The van der Waals surface area contributed by atoms with E-state index in [1.807, 2.05) is 0 Å². The number of aliphatic hydroxyl groups excluding tert-OH is 2. The van der Waals surface area contributed by atoms with E-state index in [0.29, 0.717) is 0 Å². The van der Waals surface area contributed by atoms with Crippen molar-refractivity contribution in [1.82, 2.24) is 19.5 Å². The largest absolute Gasteiger partial charge is 0.387 e. The minimum Gasteiger partial charge on any atom is -0.387 e. The van der Waals surface area contributed by atoms with Crippen molar-refractivity contribution in [3.05, 3.63) is 11.6 Å². The van der Waals surface area contributed by atoms with Crippen LogP contribution in [-0.4, -0.2) is 82.8 Å². The Hall–Kier alpha value is -0.925. The molecule has 1 fully saturated rings. The van der Waals surface area contributed by atoms with Crippen LogP contribution >= 0.6 is 34.3 Å². The average Bonchev–Trinajstić information content (AvgIpc) is 3.12. The van der Waals surface area contributed by atoms with Crippen LogP contribution in [0.15, 0.2) is 6.33 Å². The Balaban J connectivity index is 1.72. The van der Waals surface area contributed by atoms with Crippen molar-refractivity contribution in [2.24, 2.45) is 0 Å². The van der Waals surface area contributed by atoms with Crippen molar-refractivity contribution >= 4 is 58.8 Å². The van der Waals surface area contributed by atoms with Crippen LogP contribution in [0.4, 0.5) is 5.82 Å². The van der Waals surface area contributed by atoms with Gasteiger partial charge in [0.1, 0.15) is 23.8 Å². The van der Waals surface area contributed by atoms with Crippen LogP contribution in [0.3, 0.4) is 0 Å². The maximum atomic E-state index is 12.1. The molecule has 176 valence electrons. The average molecular weight is 533 g/mol. The number of fused-ring (bicyclic) bond motifs is 1. The lowest BCUT2D eigenvalue weighted by atomic mass is 10.1. The first-order chi connectivity index (χ1) is 14.6. The van der Waals surface area contributed by atoms with E-state index in [0.717, 1.165) is 0 Å². The topological polar surface area (TPSA) is 250 Å². The molecule has 2 radical (unpaired) electrons. The van der Waals surface area contributed by atoms with Gasteiger partial charge in [0.25, 0.3) is 7.47 Å². The van der Waals surface area contributed by atoms with E-state index in [2.05, 4.69) is 19.3 Å². The summed E-state index contributed by atoms with van der Waals surface area (Å²) in [5.41, 5.74) is 5.92. The fourth-order valence-corrected chi connectivity index (χ4v) is 7.50. The molecule has 3 rings (SSSR count). The van der Waals surface area contributed by atoms with Gasteiger partial charge in [-0.2, -0.15) is 9.97 Å². The zero-order valence-corrected chi connectivity index (χ0v) is 19.1. The van der Waals surface area contributed by atoms with Crippen molar-refractivity contribution in [1.29, 1.82) is 0 Å². The number of rotatable bonds is 8. The Morgan fingerprint density at radius 1 is 1.22 bits per heavy atom. The molecular formula is C11H16BClN5O11P3. The first-order valence-corrected chi connectivity index (χ1v) is 13.9. The van der Waals surface area contributed by atoms with Crippen LogP contribution in [0.2, 0.25) is 5.28 Å². The highest BCUT2D eigenvalue weighted by atomic mass is 35.5. The van der Waals surface area contributed by atoms with E-state index in [1.165, 1.54) is 10.9 Å². The zero-order chi connectivity index (χ0) is 24.1. The minimum atomic E-state index is -5.09. The van der Waals surface area contributed by atoms with Crippen molar-refractivity contribution in [3.8, 4) is 0 Å². The number of imidazole rings is 1. The standard InChI is InChI=1S/C11H16BClN5O11P3/c12-32(26,29-31(24,25)3-30(21,22)23)27-1-4-6(19)7(20)10(28-4)18-2-15-5-8(14)16-11(13)17-9(5)18/h2,4,6-7,10,19-20H,1,3H2,(H,24,25)(H2,14,16,17)(H2,21,22,23)/t4-,6-,7-,10-,32?/m1/s1. The fraction of sp³-hybridized carbons (Fsp3) is 0.545. The summed E-state index contributed by atoms with van der Waals surface area (Å²) in [5.74, 6) is -1.69. The lowest BCUT2D eigenvalue weighted by Gasteiger charge is -2.21. The number of nitrogen functional groups attached to an aromatic ring is 1. The second-order valence-corrected chi connectivity index (χ2v) is 12.7. The maximum Gasteiger partial charge on any atom is 0.346 e. The van der Waals surface area contributed by atoms with E-state index >= 15 is 0 Å². The summed E-state index contributed by atoms with van der Waals surface area (Å²) in [5, 5.41) is 20.4. The maximum absolute atomic E-state index is 12.1. The summed E-state index contributed by atoms with van der Waals surface area (Å²) in [4.78, 5) is 38.6. The van der Waals surface area contributed by atoms with E-state index in [4.69, 9.17) is 43.9 Å². The number of hydrogen-bond acceptors (Lipinski definition) is 12. The lowest BCUT2D eigenvalue weighted by Crippen LogP contribution is -2.33. The quantitative estimate of drug-likeness (QED) is 0.140. The molecule has 1 saturated heterocycles. The van der Waals surface area contributed by atoms with Crippen molar-refractivity contribution < 1.29 is 52.2 Å². The first-order valence-electron chi connectivity index (χ1n) is 8.36. The first kappa shape index (κ1) is 25.7. The molecule has 2 unspecified atom stereocenters. The monoisotopic (exact) mass is 533 g/mol. The number of halogens is 1. The predicted molar refractivity (Wildman–Crippen MR) is 108 cm³/mol. The second-order valence-electron chi connectivity index (χ2n) is 6.61. The van der Waals surface area contributed by atoms with Crippen LogP contribution in [-0.2, 0) is 27.3 Å². The summed E-state index contributed by atoms with van der Waals surface area (Å²) >= 11 is 5.78. The third kappa shape index (κ3) is 5.95. The van der Waals surface area contributed by atoms with Gasteiger partial charge < -0.3 is 39.9 Å². The molecule has 0 amide bonds. The minimum absolute atomic E-state index is 0.0448. The van der Waals surface area contributed by atoms with Crippen molar-refractivity contribution in [3.63, 3.8) is 0 Å². The van der Waals surface area contributed by atoms with Gasteiger partial charge in [0.15, 0.2) is 23.6 Å². The third-order valence-electron chi connectivity index (χ3n) is 4.06. The highest BCUT2D eigenvalue weighted by Gasteiger charge is 2.46. The Morgan fingerprint density at radius 3 is 2.50 bits per heavy atom. The Labute approximate surface area is 185 Å². The third-order valence-corrected chi connectivity index (χ3v) is 9.57. The molecule has 7 N–H and O–H groups in total. The molecule has 3 heterocycles. The van der Waals surface area contributed by atoms with Gasteiger partial charge in [0.2, 0.25) is 12.8 Å². The van der Waals surface area contributed by atoms with Gasteiger partial charge in [0, 0.05) is 0 Å². The van der Waals surface area contributed by atoms with Gasteiger partial charge in [-0.1, -0.05) is 0 Å². The highest BCUT2D eigenvalue weighted by molar-refractivity contribution is 7.85. The van der Waals surface area contributed by atoms with Gasteiger partial charge in [-0.25, -0.2) is 9.29 Å². The Morgan fingerprint density at radius 2 is 1.88 bits per heavy atom. The van der Waals surface area contributed by atoms with Crippen LogP contribution in [0.5, 0.6) is 0 Å². The molecule has 21 heteroatoms. The smallest absolute Gasteiger partial charge is 0.346 e. The molecular weight excluding hydrogens is 517 g/mol. The number of anilines is 1. The zero-order valence-electron chi connectivity index (χ0n) is 15.6. The van der Waals surface area contributed by atoms with Crippen molar-refractivity contribution in [2.45, 2.75) is 24.5 Å². The molecule has 0 bridgehead atoms. The Kier molecular flexibility index (Phi) is 7.25. The van der Waals surface area contributed by atoms with Gasteiger partial charge in [-0.05, 0) is 11.6 Å². The molecule has 6 atom stereocenters. The predicted octanol–water partition coefficient (Wildman–Crippen LogP) is -0.689. The molecule has 16 nitrogen and oxygen atoms in total. The van der Waals surface area contributed by atoms with Gasteiger partial charge in [-0.3, -0.25) is 18.3 Å². The van der Waals surface area contributed by atoms with Crippen LogP contribution in [0, 0.1) is 0 Å². The number of ether oxygens (including phenoxy) is 1. The highest BCUT2D eigenvalue weighted by Crippen LogP contribution is 2.64. The van der Waals surface area contributed by atoms with Crippen LogP contribution in [0.1, 0.15) is 6.23 Å². The summed E-state index contributed by atoms with van der Waals surface area (Å²) < 4.78 is 50.2. The van der Waals surface area contributed by atoms with Crippen molar-refractivity contribution in [2.75, 3.05) is 18.2 Å². The summed E-state index contributed by atoms with van der Waals surface area (Å²) in [6, 6.07) is 0. The van der Waals surface area contributed by atoms with E-state index in [9.17, 15) is 28.8 Å². The number of nitrogens with two attached hydrogens (primary N) is 1. The second kappa shape index (κ2) is 9.03. The van der Waals surface area contributed by atoms with Crippen LogP contribution < -0.4 is 5.73 Å². The van der Waals surface area contributed by atoms with Gasteiger partial charge in [-0.15, -0.1) is 0 Å². The normalized spacial score (nSPS) is 27.9. The molecule has 2 aromatic rings.